The second kappa shape index (κ2) is 19.0. The molecule has 15 unspecified atom stereocenters. The van der Waals surface area contributed by atoms with Crippen molar-refractivity contribution < 1.29 is 67.7 Å². The number of carbonyl (C=O) groups is 4. The number of carbonyl (C=O) groups excluding carboxylic acids is 4. The first-order valence-electron chi connectivity index (χ1n) is 20.6. The molecule has 0 radical (unpaired) electrons. The van der Waals surface area contributed by atoms with Crippen molar-refractivity contribution in [1.82, 2.24) is 10.3 Å². The van der Waals surface area contributed by atoms with Crippen molar-refractivity contribution in [3.8, 4) is 0 Å². The quantitative estimate of drug-likeness (QED) is 0.0788. The van der Waals surface area contributed by atoms with Crippen molar-refractivity contribution in [3.63, 3.8) is 0 Å². The molecule has 0 bridgehead atoms. The van der Waals surface area contributed by atoms with Gasteiger partial charge >= 0.3 is 12.1 Å². The number of halogens is 2. The van der Waals surface area contributed by atoms with Crippen molar-refractivity contribution in [2.45, 2.75) is 140 Å². The predicted octanol–water partition coefficient (Wildman–Crippen LogP) is 4.20. The summed E-state index contributed by atoms with van der Waals surface area (Å²) in [5, 5.41) is 38.2. The first kappa shape index (κ1) is 47.5. The standard InChI is InChI=1S/C42H56Cl2N4O14/c1-16(2)33-32(51)30(48-40(61-33)37-35(56-8)36(59-21(7)49)34(18(4)58-37)62-41(45)54)31(50)23-11-9-10-22-25(13-12-17(3)27(22)23)60-26-14-42(55,38(52)19(5)57-26)20(6)47-39(53)29-28(44)24(43)15-46-29/h9-10,15-16,18-20,22-23,25-27,33-38,46,50,52,55H,3,11-14H2,1-2,4-8H3,(H2,45,54)(H,47,53)/b31-30-. The van der Waals surface area contributed by atoms with Crippen LogP contribution in [0.5, 0.6) is 0 Å². The zero-order valence-electron chi connectivity index (χ0n) is 35.5. The van der Waals surface area contributed by atoms with Crippen LogP contribution in [0.2, 0.25) is 10.0 Å². The van der Waals surface area contributed by atoms with Crippen molar-refractivity contribution in [3.05, 3.63) is 57.7 Å². The number of rotatable bonds is 11. The van der Waals surface area contributed by atoms with Crippen LogP contribution in [0, 0.1) is 23.7 Å². The lowest BCUT2D eigenvalue weighted by Gasteiger charge is -2.49. The van der Waals surface area contributed by atoms with Gasteiger partial charge in [0.1, 0.15) is 29.3 Å². The highest BCUT2D eigenvalue weighted by molar-refractivity contribution is 6.43. The highest BCUT2D eigenvalue weighted by atomic mass is 35.5. The smallest absolute Gasteiger partial charge is 0.405 e. The SMILES string of the molecule is C=C1CCC(OC2CC(O)(C(C)NC(=O)c3[nH]cc(Cl)c3Cl)C(O)C(C)O2)C2C=CCC(/C(O)=C3/N=C(C4OC(C)C(OC(N)=O)C(OC(C)=O)C4OC)OC(C(C)C)C3=O)C12. The molecule has 3 aliphatic heterocycles. The van der Waals surface area contributed by atoms with E-state index >= 15 is 0 Å². The first-order chi connectivity index (χ1) is 29.2. The van der Waals surface area contributed by atoms with Gasteiger partial charge in [-0.1, -0.05) is 61.4 Å². The number of nitrogens with one attached hydrogen (secondary N) is 2. The number of amides is 2. The zero-order chi connectivity index (χ0) is 45.5. The molecule has 3 fully saturated rings. The van der Waals surface area contributed by atoms with Crippen LogP contribution in [0.1, 0.15) is 77.7 Å². The molecule has 7 N–H and O–H groups in total. The monoisotopic (exact) mass is 910 g/mol. The number of H-pyrrole nitrogens is 1. The Labute approximate surface area is 369 Å². The number of hydrogen-bond donors (Lipinski definition) is 6. The van der Waals surface area contributed by atoms with Gasteiger partial charge in [-0.15, -0.1) is 0 Å². The van der Waals surface area contributed by atoms with Crippen LogP contribution in [-0.2, 0) is 42.7 Å². The summed E-state index contributed by atoms with van der Waals surface area (Å²) < 4.78 is 41.7. The number of primary amides is 1. The van der Waals surface area contributed by atoms with Crippen LogP contribution in [-0.4, -0.2) is 130 Å². The fraction of sp³-hybridized carbons (Fsp3) is 0.643. The van der Waals surface area contributed by atoms with E-state index in [9.17, 15) is 34.5 Å². The third-order valence-electron chi connectivity index (χ3n) is 12.5. The summed E-state index contributed by atoms with van der Waals surface area (Å²) in [6.45, 7) is 13.8. The molecule has 0 spiro atoms. The molecule has 1 aromatic rings. The van der Waals surface area contributed by atoms with Crippen LogP contribution in [0.15, 0.2) is 46.9 Å². The van der Waals surface area contributed by atoms with E-state index in [0.717, 1.165) is 5.57 Å². The van der Waals surface area contributed by atoms with E-state index in [1.807, 2.05) is 12.2 Å². The largest absolute Gasteiger partial charge is 0.510 e. The first-order valence-corrected chi connectivity index (χ1v) is 21.4. The number of nitrogens with two attached hydrogens (primary N) is 1. The number of methoxy groups -OCH3 is 1. The predicted molar refractivity (Wildman–Crippen MR) is 222 cm³/mol. The fourth-order valence-electron chi connectivity index (χ4n) is 9.29. The lowest BCUT2D eigenvalue weighted by atomic mass is 9.64. The Morgan fingerprint density at radius 1 is 1.11 bits per heavy atom. The number of esters is 1. The maximum atomic E-state index is 14.2. The molecular formula is C42H56Cl2N4O14. The lowest BCUT2D eigenvalue weighted by molar-refractivity contribution is -0.296. The fourth-order valence-corrected chi connectivity index (χ4v) is 9.64. The van der Waals surface area contributed by atoms with E-state index < -0.39 is 114 Å². The molecule has 1 aromatic heterocycles. The number of fused-ring (bicyclic) bond motifs is 1. The average Bonchev–Trinajstić information content (AvgIpc) is 3.55. The van der Waals surface area contributed by atoms with Crippen molar-refractivity contribution in [2.24, 2.45) is 34.4 Å². The number of ketones is 1. The van der Waals surface area contributed by atoms with Gasteiger partial charge in [0.15, 0.2) is 36.4 Å². The molecular weight excluding hydrogens is 855 g/mol. The van der Waals surface area contributed by atoms with Gasteiger partial charge in [0.2, 0.25) is 11.7 Å². The minimum absolute atomic E-state index is 0.00162. The molecule has 2 aliphatic carbocycles. The zero-order valence-corrected chi connectivity index (χ0v) is 37.1. The van der Waals surface area contributed by atoms with Crippen LogP contribution in [0.25, 0.3) is 0 Å². The maximum Gasteiger partial charge on any atom is 0.405 e. The van der Waals surface area contributed by atoms with Gasteiger partial charge in [-0.2, -0.15) is 0 Å². The summed E-state index contributed by atoms with van der Waals surface area (Å²) in [5.41, 5.74) is 4.01. The number of aromatic nitrogens is 1. The summed E-state index contributed by atoms with van der Waals surface area (Å²) in [7, 11) is 1.33. The Morgan fingerprint density at radius 3 is 2.44 bits per heavy atom. The molecule has 1 saturated carbocycles. The molecule has 6 rings (SSSR count). The molecule has 5 aliphatic rings. The maximum absolute atomic E-state index is 14.2. The Kier molecular flexibility index (Phi) is 14.5. The average molecular weight is 912 g/mol. The second-order valence-corrected chi connectivity index (χ2v) is 17.7. The Balaban J connectivity index is 1.27. The van der Waals surface area contributed by atoms with Gasteiger partial charge in [0.25, 0.3) is 5.91 Å². The molecule has 62 heavy (non-hydrogen) atoms. The van der Waals surface area contributed by atoms with Crippen molar-refractivity contribution in [1.29, 1.82) is 0 Å². The van der Waals surface area contributed by atoms with Crippen LogP contribution in [0.4, 0.5) is 4.79 Å². The number of nitrogens with zero attached hydrogens (tertiary/aromatic N) is 1. The summed E-state index contributed by atoms with van der Waals surface area (Å²) in [6, 6.07) is -1.00. The number of aliphatic imine (C=N–C) groups is 1. The van der Waals surface area contributed by atoms with Gasteiger partial charge in [-0.3, -0.25) is 14.4 Å². The Morgan fingerprint density at radius 2 is 1.82 bits per heavy atom. The minimum Gasteiger partial charge on any atom is -0.510 e. The molecule has 4 heterocycles. The second-order valence-electron chi connectivity index (χ2n) is 16.9. The molecule has 0 aromatic carbocycles. The van der Waals surface area contributed by atoms with Crippen molar-refractivity contribution >= 4 is 52.9 Å². The van der Waals surface area contributed by atoms with Gasteiger partial charge < -0.3 is 64.5 Å². The van der Waals surface area contributed by atoms with Gasteiger partial charge in [0.05, 0.1) is 34.4 Å². The molecule has 2 saturated heterocycles. The number of aliphatic hydroxyl groups is 3. The molecule has 20 heteroatoms. The van der Waals surface area contributed by atoms with E-state index in [2.05, 4.69) is 21.9 Å². The number of allylic oxidation sites excluding steroid dienone is 3. The molecule has 2 amide bonds. The van der Waals surface area contributed by atoms with E-state index in [1.165, 1.54) is 20.2 Å². The third-order valence-corrected chi connectivity index (χ3v) is 13.3. The lowest BCUT2D eigenvalue weighted by Crippen LogP contribution is -2.66. The van der Waals surface area contributed by atoms with Crippen molar-refractivity contribution in [2.75, 3.05) is 7.11 Å². The van der Waals surface area contributed by atoms with E-state index in [1.54, 1.807) is 34.6 Å². The Bertz CT molecular complexity index is 2000. The van der Waals surface area contributed by atoms with Crippen LogP contribution < -0.4 is 11.1 Å². The summed E-state index contributed by atoms with van der Waals surface area (Å²) >= 11 is 12.2. The van der Waals surface area contributed by atoms with E-state index in [4.69, 9.17) is 62.1 Å². The van der Waals surface area contributed by atoms with E-state index in [-0.39, 0.29) is 45.4 Å². The summed E-state index contributed by atoms with van der Waals surface area (Å²) in [4.78, 5) is 58.6. The molecule has 342 valence electrons. The number of ether oxygens (including phenoxy) is 7. The molecule has 15 atom stereocenters. The highest BCUT2D eigenvalue weighted by Crippen LogP contribution is 2.48. The summed E-state index contributed by atoms with van der Waals surface area (Å²) in [6.07, 6.45) is -5.38. The third kappa shape index (κ3) is 9.29. The number of aliphatic hydroxyl groups excluding tert-OH is 2. The normalized spacial score (nSPS) is 37.4. The van der Waals surface area contributed by atoms with Crippen LogP contribution >= 0.6 is 23.2 Å². The highest BCUT2D eigenvalue weighted by Gasteiger charge is 2.55. The number of Topliss-reactive ketones (excluding diaryl/α,β-unsaturated/α-hetero) is 1. The van der Waals surface area contributed by atoms with Gasteiger partial charge in [-0.05, 0) is 51.9 Å². The van der Waals surface area contributed by atoms with Gasteiger partial charge in [-0.25, -0.2) is 9.79 Å². The van der Waals surface area contributed by atoms with Gasteiger partial charge in [0, 0.05) is 38.5 Å². The minimum atomic E-state index is -1.89. The number of hydrogen-bond acceptors (Lipinski definition) is 15. The topological polar surface area (TPSA) is 260 Å². The molecule has 18 nitrogen and oxygen atoms in total. The van der Waals surface area contributed by atoms with E-state index in [0.29, 0.717) is 19.3 Å². The summed E-state index contributed by atoms with van der Waals surface area (Å²) in [5.74, 6) is -4.19. The Hall–Kier alpha value is -4.01. The number of aromatic amines is 1. The van der Waals surface area contributed by atoms with Crippen LogP contribution in [0.3, 0.4) is 0 Å².